The fourth-order valence-electron chi connectivity index (χ4n) is 3.53. The average Bonchev–Trinajstić information content (AvgIpc) is 2.91. The molecule has 0 fully saturated rings. The lowest BCUT2D eigenvalue weighted by molar-refractivity contribution is -0.127. The highest BCUT2D eigenvalue weighted by molar-refractivity contribution is 6.30. The third-order valence-electron chi connectivity index (χ3n) is 5.40. The SMILES string of the molecule is CCOc1ccc(C(=O)Oc2ccc3ccccc3c2/C=N\NC(=O)[C@H](C)Oc2ccc(Cl)cc2)cc1. The molecule has 0 aliphatic carbocycles. The monoisotopic (exact) mass is 516 g/mol. The average molecular weight is 517 g/mol. The van der Waals surface area contributed by atoms with E-state index < -0.39 is 18.0 Å². The summed E-state index contributed by atoms with van der Waals surface area (Å²) >= 11 is 5.89. The number of carbonyl (C=O) groups excluding carboxylic acids is 2. The number of benzene rings is 4. The number of hydrogen-bond donors (Lipinski definition) is 1. The van der Waals surface area contributed by atoms with Gasteiger partial charge in [0.25, 0.3) is 5.91 Å². The lowest BCUT2D eigenvalue weighted by atomic mass is 10.0. The van der Waals surface area contributed by atoms with Gasteiger partial charge in [-0.3, -0.25) is 4.79 Å². The molecule has 37 heavy (non-hydrogen) atoms. The third kappa shape index (κ3) is 6.65. The molecule has 0 unspecified atom stereocenters. The molecule has 0 bridgehead atoms. The van der Waals surface area contributed by atoms with Crippen LogP contribution in [0.2, 0.25) is 5.02 Å². The first-order chi connectivity index (χ1) is 17.9. The molecule has 1 amide bonds. The molecule has 4 aromatic rings. The number of hydrazone groups is 1. The second-order valence-corrected chi connectivity index (χ2v) is 8.43. The highest BCUT2D eigenvalue weighted by Crippen LogP contribution is 2.28. The van der Waals surface area contributed by atoms with Crippen molar-refractivity contribution in [1.29, 1.82) is 0 Å². The van der Waals surface area contributed by atoms with Gasteiger partial charge < -0.3 is 14.2 Å². The number of fused-ring (bicyclic) bond motifs is 1. The van der Waals surface area contributed by atoms with Gasteiger partial charge in [-0.1, -0.05) is 41.9 Å². The first-order valence-electron chi connectivity index (χ1n) is 11.7. The van der Waals surface area contributed by atoms with Crippen molar-refractivity contribution in [3.05, 3.63) is 101 Å². The quantitative estimate of drug-likeness (QED) is 0.127. The van der Waals surface area contributed by atoms with Crippen LogP contribution in [0.25, 0.3) is 10.8 Å². The summed E-state index contributed by atoms with van der Waals surface area (Å²) in [6.07, 6.45) is 0.651. The molecule has 0 heterocycles. The molecule has 0 aromatic heterocycles. The van der Waals surface area contributed by atoms with Crippen LogP contribution in [0.3, 0.4) is 0 Å². The molecule has 1 atom stereocenters. The normalized spacial score (nSPS) is 11.8. The predicted octanol–water partition coefficient (Wildman–Crippen LogP) is 6.03. The zero-order chi connectivity index (χ0) is 26.2. The molecule has 0 spiro atoms. The van der Waals surface area contributed by atoms with E-state index in [1.807, 2.05) is 37.3 Å². The summed E-state index contributed by atoms with van der Waals surface area (Å²) in [5, 5.41) is 6.41. The van der Waals surface area contributed by atoms with Crippen LogP contribution in [0.5, 0.6) is 17.2 Å². The number of halogens is 1. The highest BCUT2D eigenvalue weighted by atomic mass is 35.5. The molecule has 0 radical (unpaired) electrons. The fourth-order valence-corrected chi connectivity index (χ4v) is 3.66. The van der Waals surface area contributed by atoms with Crippen LogP contribution in [0.1, 0.15) is 29.8 Å². The van der Waals surface area contributed by atoms with Crippen molar-refractivity contribution < 1.29 is 23.8 Å². The molecule has 8 heteroatoms. The van der Waals surface area contributed by atoms with Crippen LogP contribution in [0.15, 0.2) is 90.0 Å². The van der Waals surface area contributed by atoms with Gasteiger partial charge in [0.15, 0.2) is 6.10 Å². The third-order valence-corrected chi connectivity index (χ3v) is 5.65. The van der Waals surface area contributed by atoms with Gasteiger partial charge in [-0.15, -0.1) is 0 Å². The number of ether oxygens (including phenoxy) is 3. The first-order valence-corrected chi connectivity index (χ1v) is 12.0. The van der Waals surface area contributed by atoms with E-state index in [1.165, 1.54) is 6.21 Å². The zero-order valence-electron chi connectivity index (χ0n) is 20.3. The maximum Gasteiger partial charge on any atom is 0.343 e. The Kier molecular flexibility index (Phi) is 8.38. The second-order valence-electron chi connectivity index (χ2n) is 7.99. The van der Waals surface area contributed by atoms with Crippen molar-refractivity contribution in [2.75, 3.05) is 6.61 Å². The van der Waals surface area contributed by atoms with Crippen molar-refractivity contribution in [2.24, 2.45) is 5.10 Å². The summed E-state index contributed by atoms with van der Waals surface area (Å²) < 4.78 is 16.8. The minimum atomic E-state index is -0.803. The lowest BCUT2D eigenvalue weighted by Gasteiger charge is -2.13. The lowest BCUT2D eigenvalue weighted by Crippen LogP contribution is -2.33. The van der Waals surface area contributed by atoms with E-state index in [4.69, 9.17) is 25.8 Å². The summed E-state index contributed by atoms with van der Waals surface area (Å²) in [6.45, 7) is 4.04. The van der Waals surface area contributed by atoms with Crippen molar-refractivity contribution in [1.82, 2.24) is 5.43 Å². The number of hydrogen-bond acceptors (Lipinski definition) is 6. The summed E-state index contributed by atoms with van der Waals surface area (Å²) in [6, 6.07) is 24.6. The Hall–Kier alpha value is -4.36. The van der Waals surface area contributed by atoms with E-state index >= 15 is 0 Å². The zero-order valence-corrected chi connectivity index (χ0v) is 21.1. The van der Waals surface area contributed by atoms with Crippen molar-refractivity contribution in [3.8, 4) is 17.2 Å². The Bertz CT molecular complexity index is 1420. The van der Waals surface area contributed by atoms with E-state index in [-0.39, 0.29) is 0 Å². The van der Waals surface area contributed by atoms with Crippen molar-refractivity contribution in [3.63, 3.8) is 0 Å². The number of esters is 1. The summed E-state index contributed by atoms with van der Waals surface area (Å²) in [5.41, 5.74) is 3.40. The van der Waals surface area contributed by atoms with Crippen molar-refractivity contribution >= 4 is 40.5 Å². The Balaban J connectivity index is 1.51. The number of carbonyl (C=O) groups is 2. The Morgan fingerprint density at radius 1 is 0.946 bits per heavy atom. The standard InChI is InChI=1S/C29H25ClN2O5/c1-3-35-23-13-8-21(9-14-23)29(34)37-27-17-10-20-6-4-5-7-25(20)26(27)18-31-32-28(33)19(2)36-24-15-11-22(30)12-16-24/h4-19H,3H2,1-2H3,(H,32,33)/b31-18-/t19-/m0/s1. The van der Waals surface area contributed by atoms with Crippen LogP contribution >= 0.6 is 11.6 Å². The molecule has 0 saturated heterocycles. The van der Waals surface area contributed by atoms with E-state index in [0.29, 0.717) is 40.0 Å². The molecule has 0 aliphatic rings. The predicted molar refractivity (Wildman–Crippen MR) is 144 cm³/mol. The number of nitrogens with zero attached hydrogens (tertiary/aromatic N) is 1. The molecule has 4 rings (SSSR count). The minimum absolute atomic E-state index is 0.307. The summed E-state index contributed by atoms with van der Waals surface area (Å²) in [5.74, 6) is 0.513. The molecular formula is C29H25ClN2O5. The Morgan fingerprint density at radius 3 is 2.38 bits per heavy atom. The van der Waals surface area contributed by atoms with Gasteiger partial charge in [0.1, 0.15) is 17.2 Å². The van der Waals surface area contributed by atoms with Crippen LogP contribution in [-0.4, -0.2) is 30.8 Å². The molecular weight excluding hydrogens is 492 g/mol. The van der Waals surface area contributed by atoms with E-state index in [1.54, 1.807) is 61.5 Å². The van der Waals surface area contributed by atoms with Gasteiger partial charge in [-0.25, -0.2) is 10.2 Å². The molecule has 4 aromatic carbocycles. The number of rotatable bonds is 9. The molecule has 0 aliphatic heterocycles. The maximum absolute atomic E-state index is 12.8. The summed E-state index contributed by atoms with van der Waals surface area (Å²) in [4.78, 5) is 25.4. The fraction of sp³-hybridized carbons (Fsp3) is 0.138. The van der Waals surface area contributed by atoms with E-state index in [0.717, 1.165) is 10.8 Å². The molecule has 7 nitrogen and oxygen atoms in total. The van der Waals surface area contributed by atoms with Gasteiger partial charge in [0, 0.05) is 10.6 Å². The largest absolute Gasteiger partial charge is 0.494 e. The van der Waals surface area contributed by atoms with Gasteiger partial charge in [-0.05, 0) is 79.2 Å². The Labute approximate surface area is 219 Å². The molecule has 1 N–H and O–H groups in total. The second kappa shape index (κ2) is 12.1. The minimum Gasteiger partial charge on any atom is -0.494 e. The maximum atomic E-state index is 12.8. The van der Waals surface area contributed by atoms with Crippen molar-refractivity contribution in [2.45, 2.75) is 20.0 Å². The van der Waals surface area contributed by atoms with Crippen LogP contribution < -0.4 is 19.6 Å². The molecule has 0 saturated carbocycles. The van der Waals surface area contributed by atoms with Crippen LogP contribution in [0, 0.1) is 0 Å². The highest BCUT2D eigenvalue weighted by Gasteiger charge is 2.16. The van der Waals surface area contributed by atoms with Gasteiger partial charge in [0.05, 0.1) is 18.4 Å². The first kappa shape index (κ1) is 25.7. The van der Waals surface area contributed by atoms with Gasteiger partial charge in [-0.2, -0.15) is 5.10 Å². The van der Waals surface area contributed by atoms with Crippen LogP contribution in [0.4, 0.5) is 0 Å². The molecule has 188 valence electrons. The van der Waals surface area contributed by atoms with Crippen LogP contribution in [-0.2, 0) is 4.79 Å². The smallest absolute Gasteiger partial charge is 0.343 e. The van der Waals surface area contributed by atoms with E-state index in [9.17, 15) is 9.59 Å². The van der Waals surface area contributed by atoms with E-state index in [2.05, 4.69) is 10.5 Å². The summed E-state index contributed by atoms with van der Waals surface area (Å²) in [7, 11) is 0. The van der Waals surface area contributed by atoms with Gasteiger partial charge in [0.2, 0.25) is 0 Å². The topological polar surface area (TPSA) is 86.2 Å². The number of nitrogens with one attached hydrogen (secondary N) is 1. The Morgan fingerprint density at radius 2 is 1.65 bits per heavy atom. The number of amides is 1. The van der Waals surface area contributed by atoms with Gasteiger partial charge >= 0.3 is 5.97 Å².